The van der Waals surface area contributed by atoms with Crippen LogP contribution >= 0.6 is 0 Å². The number of anilines is 2. The third-order valence-corrected chi connectivity index (χ3v) is 6.86. The highest BCUT2D eigenvalue weighted by molar-refractivity contribution is 7.92. The molecule has 8 heteroatoms. The number of hydrogen-bond acceptors (Lipinski definition) is 5. The van der Waals surface area contributed by atoms with Crippen molar-refractivity contribution in [2.24, 2.45) is 0 Å². The van der Waals surface area contributed by atoms with Crippen LogP contribution in [-0.2, 0) is 21.2 Å². The molecule has 0 bridgehead atoms. The molecule has 0 saturated carbocycles. The van der Waals surface area contributed by atoms with Crippen LogP contribution in [0.2, 0.25) is 0 Å². The van der Waals surface area contributed by atoms with E-state index in [1.54, 1.807) is 35.2 Å². The van der Waals surface area contributed by atoms with Gasteiger partial charge in [0.15, 0.2) is 11.5 Å². The number of benzene rings is 2. The van der Waals surface area contributed by atoms with Crippen LogP contribution in [0, 0.1) is 0 Å². The van der Waals surface area contributed by atoms with Crippen LogP contribution in [0.25, 0.3) is 0 Å². The van der Waals surface area contributed by atoms with Crippen LogP contribution < -0.4 is 19.1 Å². The molecule has 3 heterocycles. The molecule has 5 rings (SSSR count). The number of aryl methyl sites for hydroxylation is 1. The molecule has 146 valence electrons. The molecule has 0 aliphatic carbocycles. The molecule has 0 aromatic heterocycles. The first kappa shape index (κ1) is 17.4. The van der Waals surface area contributed by atoms with Gasteiger partial charge in [-0.1, -0.05) is 0 Å². The molecular weight excluding hydrogens is 380 g/mol. The first-order valence-corrected chi connectivity index (χ1v) is 10.8. The summed E-state index contributed by atoms with van der Waals surface area (Å²) in [5.74, 6) is 0.843. The van der Waals surface area contributed by atoms with Gasteiger partial charge in [0, 0.05) is 12.6 Å². The number of hydrogen-bond donors (Lipinski definition) is 1. The van der Waals surface area contributed by atoms with E-state index in [4.69, 9.17) is 9.47 Å². The van der Waals surface area contributed by atoms with Crippen molar-refractivity contribution >= 4 is 27.3 Å². The van der Waals surface area contributed by atoms with Gasteiger partial charge in [0.25, 0.3) is 10.0 Å². The minimum Gasteiger partial charge on any atom is -0.486 e. The Hall–Kier alpha value is -2.74. The Bertz CT molecular complexity index is 1100. The average molecular weight is 400 g/mol. The average Bonchev–Trinajstić information content (AvgIpc) is 2.94. The monoisotopic (exact) mass is 400 g/mol. The van der Waals surface area contributed by atoms with Crippen molar-refractivity contribution in [1.29, 1.82) is 0 Å². The topological polar surface area (TPSA) is 84.9 Å². The minimum absolute atomic E-state index is 0.0466. The van der Waals surface area contributed by atoms with Crippen molar-refractivity contribution in [3.63, 3.8) is 0 Å². The van der Waals surface area contributed by atoms with Gasteiger partial charge < -0.3 is 14.4 Å². The maximum Gasteiger partial charge on any atom is 0.261 e. The molecule has 1 atom stereocenters. The van der Waals surface area contributed by atoms with Crippen molar-refractivity contribution in [2.45, 2.75) is 30.6 Å². The van der Waals surface area contributed by atoms with Crippen molar-refractivity contribution in [3.8, 4) is 11.5 Å². The van der Waals surface area contributed by atoms with Crippen molar-refractivity contribution in [1.82, 2.24) is 0 Å². The van der Waals surface area contributed by atoms with Gasteiger partial charge in [-0.05, 0) is 55.2 Å². The largest absolute Gasteiger partial charge is 0.486 e. The van der Waals surface area contributed by atoms with Crippen LogP contribution in [0.15, 0.2) is 35.2 Å². The van der Waals surface area contributed by atoms with Gasteiger partial charge in [-0.2, -0.15) is 0 Å². The maximum absolute atomic E-state index is 13.0. The van der Waals surface area contributed by atoms with E-state index in [0.717, 1.165) is 29.7 Å². The summed E-state index contributed by atoms with van der Waals surface area (Å²) in [5, 5.41) is 0. The van der Waals surface area contributed by atoms with E-state index in [1.165, 1.54) is 0 Å². The number of nitrogens with one attached hydrogen (secondary N) is 1. The summed E-state index contributed by atoms with van der Waals surface area (Å²) < 4.78 is 39.7. The SMILES string of the molecule is C[C@@H]1C(=O)N2CCCc3cc(S(=O)(=O)Nc4ccc5c(c4)OCCO5)cc1c32. The summed E-state index contributed by atoms with van der Waals surface area (Å²) in [5.41, 5.74) is 3.03. The van der Waals surface area contributed by atoms with Crippen LogP contribution in [-0.4, -0.2) is 34.1 Å². The van der Waals surface area contributed by atoms with E-state index in [9.17, 15) is 13.2 Å². The smallest absolute Gasteiger partial charge is 0.261 e. The Morgan fingerprint density at radius 1 is 1.11 bits per heavy atom. The van der Waals surface area contributed by atoms with Crippen LogP contribution in [0.5, 0.6) is 11.5 Å². The standard InChI is InChI=1S/C20H20N2O5S/c1-12-16-11-15(9-13-3-2-6-22(19(13)16)20(12)23)28(24,25)21-14-4-5-17-18(10-14)27-8-7-26-17/h4-5,9-12,21H,2-3,6-8H2,1H3/t12-/m0/s1. The fourth-order valence-electron chi connectivity index (χ4n) is 4.14. The quantitative estimate of drug-likeness (QED) is 0.856. The van der Waals surface area contributed by atoms with E-state index >= 15 is 0 Å². The number of rotatable bonds is 3. The molecule has 1 N–H and O–H groups in total. The lowest BCUT2D eigenvalue weighted by molar-refractivity contribution is -0.119. The van der Waals surface area contributed by atoms with Crippen molar-refractivity contribution < 1.29 is 22.7 Å². The van der Waals surface area contributed by atoms with E-state index < -0.39 is 10.0 Å². The van der Waals surface area contributed by atoms with Gasteiger partial charge in [0.2, 0.25) is 5.91 Å². The highest BCUT2D eigenvalue weighted by atomic mass is 32.2. The first-order valence-electron chi connectivity index (χ1n) is 9.35. The molecule has 0 fully saturated rings. The number of carbonyl (C=O) groups is 1. The zero-order valence-electron chi connectivity index (χ0n) is 15.4. The lowest BCUT2D eigenvalue weighted by atomic mass is 9.97. The molecule has 0 radical (unpaired) electrons. The van der Waals surface area contributed by atoms with Gasteiger partial charge in [0.1, 0.15) is 13.2 Å². The van der Waals surface area contributed by atoms with Gasteiger partial charge >= 0.3 is 0 Å². The molecule has 1 amide bonds. The predicted octanol–water partition coefficient (Wildman–Crippen LogP) is 2.65. The normalized spacial score (nSPS) is 20.1. The summed E-state index contributed by atoms with van der Waals surface area (Å²) in [6, 6.07) is 8.29. The number of fused-ring (bicyclic) bond motifs is 1. The molecule has 0 saturated heterocycles. The second kappa shape index (κ2) is 6.13. The van der Waals surface area contributed by atoms with E-state index in [2.05, 4.69) is 4.72 Å². The molecular formula is C20H20N2O5S. The van der Waals surface area contributed by atoms with Gasteiger partial charge in [-0.3, -0.25) is 9.52 Å². The lowest BCUT2D eigenvalue weighted by Crippen LogP contribution is -2.32. The van der Waals surface area contributed by atoms with E-state index in [-0.39, 0.29) is 16.7 Å². The highest BCUT2D eigenvalue weighted by Gasteiger charge is 2.38. The molecule has 7 nitrogen and oxygen atoms in total. The number of sulfonamides is 1. The summed E-state index contributed by atoms with van der Waals surface area (Å²) in [6.45, 7) is 3.44. The fourth-order valence-corrected chi connectivity index (χ4v) is 5.28. The van der Waals surface area contributed by atoms with Crippen LogP contribution in [0.1, 0.15) is 30.4 Å². The Kier molecular flexibility index (Phi) is 3.80. The second-order valence-corrected chi connectivity index (χ2v) is 8.98. The Morgan fingerprint density at radius 3 is 2.71 bits per heavy atom. The highest BCUT2D eigenvalue weighted by Crippen LogP contribution is 2.44. The molecule has 3 aliphatic heterocycles. The van der Waals surface area contributed by atoms with E-state index in [1.807, 2.05) is 6.92 Å². The Morgan fingerprint density at radius 2 is 1.89 bits per heavy atom. The Labute approximate surface area is 163 Å². The van der Waals surface area contributed by atoms with Crippen molar-refractivity contribution in [3.05, 3.63) is 41.5 Å². The summed E-state index contributed by atoms with van der Waals surface area (Å²) >= 11 is 0. The number of ether oxygens (including phenoxy) is 2. The van der Waals surface area contributed by atoms with Crippen LogP contribution in [0.4, 0.5) is 11.4 Å². The molecule has 2 aromatic rings. The van der Waals surface area contributed by atoms with Gasteiger partial charge in [0.05, 0.1) is 22.2 Å². The molecule has 28 heavy (non-hydrogen) atoms. The maximum atomic E-state index is 13.0. The van der Waals surface area contributed by atoms with Crippen LogP contribution in [0.3, 0.4) is 0 Å². The molecule has 0 spiro atoms. The summed E-state index contributed by atoms with van der Waals surface area (Å²) in [4.78, 5) is 14.5. The summed E-state index contributed by atoms with van der Waals surface area (Å²) in [6.07, 6.45) is 1.61. The van der Waals surface area contributed by atoms with E-state index in [0.29, 0.717) is 36.9 Å². The third kappa shape index (κ3) is 2.63. The molecule has 2 aromatic carbocycles. The predicted molar refractivity (Wildman–Crippen MR) is 104 cm³/mol. The second-order valence-electron chi connectivity index (χ2n) is 7.30. The first-order chi connectivity index (χ1) is 13.4. The zero-order valence-corrected chi connectivity index (χ0v) is 16.2. The van der Waals surface area contributed by atoms with Gasteiger partial charge in [-0.15, -0.1) is 0 Å². The number of carbonyl (C=O) groups excluding carboxylic acids is 1. The molecule has 0 unspecified atom stereocenters. The molecule has 3 aliphatic rings. The Balaban J connectivity index is 1.52. The lowest BCUT2D eigenvalue weighted by Gasteiger charge is -2.26. The number of amides is 1. The van der Waals surface area contributed by atoms with Gasteiger partial charge in [-0.25, -0.2) is 8.42 Å². The zero-order chi connectivity index (χ0) is 19.5. The third-order valence-electron chi connectivity index (χ3n) is 5.50. The summed E-state index contributed by atoms with van der Waals surface area (Å²) in [7, 11) is -3.80. The number of nitrogens with zero attached hydrogens (tertiary/aromatic N) is 1. The van der Waals surface area contributed by atoms with Crippen molar-refractivity contribution in [2.75, 3.05) is 29.4 Å². The minimum atomic E-state index is -3.80. The fraction of sp³-hybridized carbons (Fsp3) is 0.350.